The molecule has 1 aliphatic rings. The summed E-state index contributed by atoms with van der Waals surface area (Å²) in [7, 11) is 0. The van der Waals surface area contributed by atoms with Gasteiger partial charge in [0, 0.05) is 37.1 Å². The van der Waals surface area contributed by atoms with E-state index < -0.39 is 0 Å². The van der Waals surface area contributed by atoms with Crippen molar-refractivity contribution < 1.29 is 0 Å². The van der Waals surface area contributed by atoms with Crippen LogP contribution in [0.1, 0.15) is 11.4 Å². The minimum atomic E-state index is 0. The monoisotopic (exact) mass is 405 g/mol. The van der Waals surface area contributed by atoms with Gasteiger partial charge in [-0.15, -0.1) is 24.8 Å². The molecular formula is C20H25Cl2N5. The van der Waals surface area contributed by atoms with Crippen LogP contribution in [0.3, 0.4) is 0 Å². The number of benzene rings is 2. The molecule has 1 aliphatic heterocycles. The van der Waals surface area contributed by atoms with E-state index in [1.807, 2.05) is 18.2 Å². The maximum Gasteiger partial charge on any atom is 0.137 e. The number of para-hydroxylation sites is 2. The van der Waals surface area contributed by atoms with Crippen molar-refractivity contribution in [1.29, 1.82) is 0 Å². The summed E-state index contributed by atoms with van der Waals surface area (Å²) in [6.45, 7) is 3.45. The van der Waals surface area contributed by atoms with Crippen LogP contribution in [0.15, 0.2) is 48.5 Å². The predicted octanol–water partition coefficient (Wildman–Crippen LogP) is 3.45. The Morgan fingerprint density at radius 2 is 1.78 bits per heavy atom. The van der Waals surface area contributed by atoms with E-state index in [4.69, 9.17) is 5.73 Å². The highest BCUT2D eigenvalue weighted by atomic mass is 35.5. The number of hydrogen-bond acceptors (Lipinski definition) is 5. The lowest BCUT2D eigenvalue weighted by molar-refractivity contribution is 0.832. The highest BCUT2D eigenvalue weighted by molar-refractivity contribution is 5.89. The first-order valence-corrected chi connectivity index (χ1v) is 8.87. The summed E-state index contributed by atoms with van der Waals surface area (Å²) < 4.78 is 0. The molecule has 0 spiro atoms. The Bertz CT molecular complexity index is 887. The van der Waals surface area contributed by atoms with E-state index >= 15 is 0 Å². The van der Waals surface area contributed by atoms with Crippen LogP contribution >= 0.6 is 24.8 Å². The molecule has 0 saturated carbocycles. The van der Waals surface area contributed by atoms with Crippen LogP contribution in [0.4, 0.5) is 11.5 Å². The van der Waals surface area contributed by atoms with Gasteiger partial charge in [0.2, 0.25) is 0 Å². The quantitative estimate of drug-likeness (QED) is 0.657. The molecule has 27 heavy (non-hydrogen) atoms. The Labute approximate surface area is 172 Å². The molecule has 3 N–H and O–H groups in total. The summed E-state index contributed by atoms with van der Waals surface area (Å²) in [4.78, 5) is 11.7. The summed E-state index contributed by atoms with van der Waals surface area (Å²) in [6, 6.07) is 16.8. The van der Waals surface area contributed by atoms with Crippen LogP contribution in [0.2, 0.25) is 0 Å². The number of halogens is 2. The third-order valence-corrected chi connectivity index (χ3v) is 4.68. The minimum Gasteiger partial charge on any atom is -0.369 e. The first-order chi connectivity index (χ1) is 12.3. The van der Waals surface area contributed by atoms with Crippen LogP contribution in [0, 0.1) is 0 Å². The Morgan fingerprint density at radius 1 is 1.00 bits per heavy atom. The molecule has 2 heterocycles. The largest absolute Gasteiger partial charge is 0.369 e. The lowest BCUT2D eigenvalue weighted by Gasteiger charge is -2.20. The van der Waals surface area contributed by atoms with E-state index in [2.05, 4.69) is 50.5 Å². The van der Waals surface area contributed by atoms with E-state index in [0.717, 1.165) is 48.6 Å². The summed E-state index contributed by atoms with van der Waals surface area (Å²) in [5.41, 5.74) is 9.45. The van der Waals surface area contributed by atoms with Gasteiger partial charge in [-0.1, -0.05) is 30.3 Å². The fraction of sp³-hybridized carbons (Fsp3) is 0.300. The molecule has 0 aliphatic carbocycles. The third kappa shape index (κ3) is 4.61. The predicted molar refractivity (Wildman–Crippen MR) is 118 cm³/mol. The first-order valence-electron chi connectivity index (χ1n) is 8.87. The molecule has 0 radical (unpaired) electrons. The van der Waals surface area contributed by atoms with Crippen molar-refractivity contribution in [2.75, 3.05) is 36.4 Å². The zero-order valence-electron chi connectivity index (χ0n) is 15.1. The summed E-state index contributed by atoms with van der Waals surface area (Å²) in [5.74, 6) is 1.71. The topological polar surface area (TPSA) is 67.1 Å². The van der Waals surface area contributed by atoms with Crippen molar-refractivity contribution >= 4 is 47.2 Å². The van der Waals surface area contributed by atoms with Gasteiger partial charge in [-0.25, -0.2) is 9.97 Å². The minimum absolute atomic E-state index is 0. The fourth-order valence-corrected chi connectivity index (χ4v) is 3.45. The average Bonchev–Trinajstić information content (AvgIpc) is 3.05. The van der Waals surface area contributed by atoms with Gasteiger partial charge in [-0.2, -0.15) is 0 Å². The highest BCUT2D eigenvalue weighted by Crippen LogP contribution is 2.27. The number of nitrogens with one attached hydrogen (secondary N) is 1. The second-order valence-electron chi connectivity index (χ2n) is 6.34. The number of hydrogen-bond donors (Lipinski definition) is 2. The molecule has 3 aromatic rings. The Balaban J connectivity index is 0.00000131. The van der Waals surface area contributed by atoms with Gasteiger partial charge < -0.3 is 16.0 Å². The van der Waals surface area contributed by atoms with Crippen molar-refractivity contribution in [3.63, 3.8) is 0 Å². The molecule has 0 saturated heterocycles. The molecular weight excluding hydrogens is 381 g/mol. The van der Waals surface area contributed by atoms with Crippen LogP contribution in [-0.2, 0) is 12.8 Å². The van der Waals surface area contributed by atoms with Gasteiger partial charge in [-0.05, 0) is 36.7 Å². The van der Waals surface area contributed by atoms with Gasteiger partial charge in [0.1, 0.15) is 11.6 Å². The molecule has 4 rings (SSSR count). The second kappa shape index (κ2) is 9.74. The van der Waals surface area contributed by atoms with Crippen molar-refractivity contribution in [3.05, 3.63) is 59.9 Å². The smallest absolute Gasteiger partial charge is 0.137 e. The molecule has 5 nitrogen and oxygen atoms in total. The van der Waals surface area contributed by atoms with Crippen LogP contribution < -0.4 is 16.0 Å². The van der Waals surface area contributed by atoms with Crippen LogP contribution in [-0.4, -0.2) is 36.1 Å². The molecule has 1 aromatic heterocycles. The molecule has 0 bridgehead atoms. The van der Waals surface area contributed by atoms with Gasteiger partial charge >= 0.3 is 0 Å². The summed E-state index contributed by atoms with van der Waals surface area (Å²) >= 11 is 0. The molecule has 2 aromatic carbocycles. The number of fused-ring (bicyclic) bond motifs is 2. The Morgan fingerprint density at radius 3 is 2.63 bits per heavy atom. The maximum absolute atomic E-state index is 5.68. The SMILES string of the molecule is Cl.Cl.NCCc1nc(NCCN2CCc3ccccc32)c2ccccc2n1. The molecule has 0 fully saturated rings. The van der Waals surface area contributed by atoms with Crippen molar-refractivity contribution in [2.45, 2.75) is 12.8 Å². The van der Waals surface area contributed by atoms with Crippen LogP contribution in [0.25, 0.3) is 10.9 Å². The van der Waals surface area contributed by atoms with Crippen molar-refractivity contribution in [1.82, 2.24) is 9.97 Å². The lowest BCUT2D eigenvalue weighted by atomic mass is 10.2. The van der Waals surface area contributed by atoms with E-state index in [1.54, 1.807) is 0 Å². The standard InChI is InChI=1S/C20H23N5.2ClH/c21-11-9-19-23-17-7-3-2-6-16(17)20(24-19)22-12-14-25-13-10-15-5-1-4-8-18(15)25;;/h1-8H,9-14,21H2,(H,22,23,24);2*1H. The maximum atomic E-state index is 5.68. The zero-order valence-corrected chi connectivity index (χ0v) is 16.7. The van der Waals surface area contributed by atoms with Gasteiger partial charge in [0.05, 0.1) is 5.52 Å². The molecule has 144 valence electrons. The second-order valence-corrected chi connectivity index (χ2v) is 6.34. The molecule has 0 amide bonds. The fourth-order valence-electron chi connectivity index (χ4n) is 3.45. The van der Waals surface area contributed by atoms with Crippen molar-refractivity contribution in [2.24, 2.45) is 5.73 Å². The molecule has 0 unspecified atom stereocenters. The third-order valence-electron chi connectivity index (χ3n) is 4.68. The van der Waals surface area contributed by atoms with E-state index in [0.29, 0.717) is 13.0 Å². The number of nitrogens with zero attached hydrogens (tertiary/aromatic N) is 3. The number of aromatic nitrogens is 2. The number of rotatable bonds is 6. The Hall–Kier alpha value is -2.08. The molecule has 7 heteroatoms. The van der Waals surface area contributed by atoms with Crippen LogP contribution in [0.5, 0.6) is 0 Å². The zero-order chi connectivity index (χ0) is 17.1. The summed E-state index contributed by atoms with van der Waals surface area (Å²) in [6.07, 6.45) is 1.83. The first kappa shape index (κ1) is 21.2. The van der Waals surface area contributed by atoms with Gasteiger partial charge in [0.25, 0.3) is 0 Å². The van der Waals surface area contributed by atoms with Crippen molar-refractivity contribution in [3.8, 4) is 0 Å². The van der Waals surface area contributed by atoms with Gasteiger partial charge in [0.15, 0.2) is 0 Å². The molecule has 0 atom stereocenters. The number of anilines is 2. The summed E-state index contributed by atoms with van der Waals surface area (Å²) in [5, 5.41) is 4.57. The lowest BCUT2D eigenvalue weighted by Crippen LogP contribution is -2.27. The van der Waals surface area contributed by atoms with E-state index in [1.165, 1.54) is 11.3 Å². The van der Waals surface area contributed by atoms with E-state index in [-0.39, 0.29) is 24.8 Å². The number of nitrogens with two attached hydrogens (primary N) is 1. The highest BCUT2D eigenvalue weighted by Gasteiger charge is 2.17. The van der Waals surface area contributed by atoms with E-state index in [9.17, 15) is 0 Å². The normalized spacial score (nSPS) is 12.3. The Kier molecular flexibility index (Phi) is 7.66. The van der Waals surface area contributed by atoms with Gasteiger partial charge in [-0.3, -0.25) is 0 Å². The average molecular weight is 406 g/mol.